The zero-order chi connectivity index (χ0) is 85.3. The maximum absolute atomic E-state index is 15.4. The average molecular weight is 1630 g/mol. The third kappa shape index (κ3) is 29.6. The summed E-state index contributed by atoms with van der Waals surface area (Å²) in [5, 5.41) is 68.7. The molecule has 117 heavy (non-hydrogen) atoms. The molecular weight excluding hydrogens is 1530 g/mol. The van der Waals surface area contributed by atoms with Gasteiger partial charge in [0.15, 0.2) is 5.96 Å². The number of hydrogen-bond donors (Lipinski definition) is 18. The molecule has 0 spiro atoms. The van der Waals surface area contributed by atoms with E-state index < -0.39 is 144 Å². The number of likely N-dealkylation sites (N-methyl/N-ethyl adjacent to an activating group) is 1. The van der Waals surface area contributed by atoms with Gasteiger partial charge in [-0.3, -0.25) is 78.1 Å². The quantitative estimate of drug-likeness (QED) is 0.0146. The molecule has 0 aliphatic carbocycles. The third-order valence-corrected chi connectivity index (χ3v) is 19.9. The van der Waals surface area contributed by atoms with Crippen molar-refractivity contribution < 1.29 is 72.5 Å². The molecule has 1 fully saturated rings. The highest BCUT2D eigenvalue weighted by Crippen LogP contribution is 2.23. The van der Waals surface area contributed by atoms with Gasteiger partial charge in [-0.05, 0) is 146 Å². The van der Waals surface area contributed by atoms with E-state index in [-0.39, 0.29) is 121 Å². The van der Waals surface area contributed by atoms with Gasteiger partial charge in [0.1, 0.15) is 72.0 Å². The molecule has 626 valence electrons. The largest absolute Gasteiger partial charge is 0.508 e. The number of carbonyl (C=O) groups excluding carboxylic acids is 13. The van der Waals surface area contributed by atoms with E-state index in [9.17, 15) is 58.2 Å². The summed E-state index contributed by atoms with van der Waals surface area (Å²) < 4.78 is 0. The van der Waals surface area contributed by atoms with Crippen LogP contribution in [-0.4, -0.2) is 207 Å². The Hall–Kier alpha value is -12.6. The Morgan fingerprint density at radius 2 is 1.11 bits per heavy atom. The Bertz CT molecular complexity index is 4470. The van der Waals surface area contributed by atoms with E-state index in [4.69, 9.17) is 39.6 Å². The number of benzene rings is 5. The lowest BCUT2D eigenvalue weighted by Gasteiger charge is -2.33. The van der Waals surface area contributed by atoms with E-state index in [1.807, 2.05) is 49.4 Å². The number of pyridine rings is 1. The van der Waals surface area contributed by atoms with Crippen LogP contribution in [0, 0.1) is 10.8 Å². The molecule has 13 amide bonds. The van der Waals surface area contributed by atoms with Crippen LogP contribution < -0.4 is 75.7 Å². The normalized spacial score (nSPS) is 14.6. The van der Waals surface area contributed by atoms with E-state index >= 15 is 14.4 Å². The lowest BCUT2D eigenvalue weighted by molar-refractivity contribution is -0.144. The van der Waals surface area contributed by atoms with Crippen molar-refractivity contribution in [1.29, 1.82) is 10.8 Å². The van der Waals surface area contributed by atoms with Crippen LogP contribution in [0.3, 0.4) is 0 Å². The number of guanidine groups is 1. The Morgan fingerprint density at radius 3 is 1.72 bits per heavy atom. The number of carbonyl (C=O) groups is 13. The molecule has 1 aromatic heterocycles. The standard InChI is InChI=1S/C82H106ClN19O15/c1-5-6-17-60(74(110)97-62(19-12-39-91-82(87)88)81(117)102-40-13-20-67(102)78(114)92-48(2)72(86)108)95-73(109)61(18-9-10-38-90-69(106)35-36-70(107)94-58-31-27-55(28-32-58)71(84)85)96-79(115)68(45-51-24-33-59(105)34-25-51)101(4)80(116)66(47-103)100-77(113)65(44-53-14-11-37-89-46-53)99-76(112)64(42-50-22-29-57(83)30-23-50)98-75(111)63(93-49(3)104)43-52-21-26-54-15-7-8-16-56(54)41-52/h7-8,11,14-16,21-34,37,41,46,48,60-68,103,105H,5-6,9-10,12-13,17-20,35-36,38-40,42-45,47H2,1-4H3,(H3,84,85)(H2,86,108)(H,90,106)(H,92,114)(H,93,104)(H,94,107)(H,95,109)(H,96,115)(H,97,110)(H,98,111)(H,99,112)(H,100,113)(H4,87,88,91)/t48-,60+,61-,62+,63-,64-,65-,66+,67+,68+/m1/s1. The number of primary amides is 1. The Kier molecular flexibility index (Phi) is 36.1. The van der Waals surface area contributed by atoms with Crippen molar-refractivity contribution in [3.8, 4) is 5.75 Å². The van der Waals surface area contributed by atoms with Gasteiger partial charge in [0.2, 0.25) is 76.8 Å². The molecule has 6 aromatic rings. The topological polar surface area (TPSA) is 540 Å². The number of amidine groups is 1. The molecule has 10 atom stereocenters. The van der Waals surface area contributed by atoms with Gasteiger partial charge < -0.3 is 95.7 Å². The summed E-state index contributed by atoms with van der Waals surface area (Å²) in [5.74, 6) is -10.7. The maximum Gasteiger partial charge on any atom is 0.247 e. The SMILES string of the molecule is CCCC[C@H](NC(=O)[C@@H](CCCCNC(=O)CCC(=O)Nc1ccc(C(=N)N)cc1)NC(=O)[C@H](Cc1ccc(O)cc1)N(C)C(=O)[C@H](CO)NC(=O)[C@@H](Cc1cccnc1)NC(=O)[C@@H](Cc1ccc(Cl)cc1)NC(=O)[C@@H](Cc1ccc2ccccc2c1)NC(C)=O)C(=O)N[C@@H](CCCNC(=N)N)C(=O)N1CCC[C@H]1C(=O)N[C@H](C)C(N)=O. The first-order chi connectivity index (χ1) is 55.9. The number of aromatic nitrogens is 1. The number of nitrogens with zero attached hydrogens (tertiary/aromatic N) is 3. The molecule has 21 N–H and O–H groups in total. The van der Waals surface area contributed by atoms with E-state index in [0.717, 1.165) is 15.7 Å². The lowest BCUT2D eigenvalue weighted by atomic mass is 9.99. The van der Waals surface area contributed by atoms with Crippen LogP contribution in [0.1, 0.15) is 126 Å². The number of fused-ring (bicyclic) bond motifs is 1. The van der Waals surface area contributed by atoms with Crippen molar-refractivity contribution in [2.24, 2.45) is 17.2 Å². The number of unbranched alkanes of at least 4 members (excludes halogenated alkanes) is 2. The van der Waals surface area contributed by atoms with Crippen LogP contribution in [0.25, 0.3) is 10.8 Å². The molecule has 1 aliphatic heterocycles. The van der Waals surface area contributed by atoms with Gasteiger partial charge in [0.05, 0.1) is 6.61 Å². The monoisotopic (exact) mass is 1630 g/mol. The van der Waals surface area contributed by atoms with Crippen molar-refractivity contribution in [2.45, 2.75) is 184 Å². The summed E-state index contributed by atoms with van der Waals surface area (Å²) in [6, 6.07) is 20.5. The Balaban J connectivity index is 1.15. The summed E-state index contributed by atoms with van der Waals surface area (Å²) in [5.41, 5.74) is 19.4. The molecule has 35 heteroatoms. The van der Waals surface area contributed by atoms with Gasteiger partial charge in [-0.2, -0.15) is 0 Å². The molecule has 5 aromatic carbocycles. The number of rotatable bonds is 45. The number of phenolic OH excluding ortho intramolecular Hbond substituents is 1. The van der Waals surface area contributed by atoms with Crippen molar-refractivity contribution in [1.82, 2.24) is 68.0 Å². The predicted octanol–water partition coefficient (Wildman–Crippen LogP) is 1.52. The van der Waals surface area contributed by atoms with Crippen LogP contribution in [0.5, 0.6) is 5.75 Å². The number of nitrogens with two attached hydrogens (primary N) is 3. The highest BCUT2D eigenvalue weighted by Gasteiger charge is 2.41. The number of likely N-dealkylation sites (tertiary alicyclic amines) is 1. The number of aliphatic hydroxyl groups excluding tert-OH is 1. The average Bonchev–Trinajstić information content (AvgIpc) is 1.82. The molecule has 0 radical (unpaired) electrons. The van der Waals surface area contributed by atoms with E-state index in [0.29, 0.717) is 57.8 Å². The number of aromatic hydroxyl groups is 1. The minimum absolute atomic E-state index is 0.00647. The van der Waals surface area contributed by atoms with Crippen molar-refractivity contribution in [3.63, 3.8) is 0 Å². The first-order valence-corrected chi connectivity index (χ1v) is 39.1. The number of nitrogens with one attached hydrogen (secondary N) is 13. The number of amides is 13. The fourth-order valence-corrected chi connectivity index (χ4v) is 13.3. The molecule has 1 saturated heterocycles. The number of phenols is 1. The highest BCUT2D eigenvalue weighted by atomic mass is 35.5. The number of halogens is 1. The van der Waals surface area contributed by atoms with E-state index in [2.05, 4.69) is 63.5 Å². The van der Waals surface area contributed by atoms with Crippen molar-refractivity contribution >= 4 is 117 Å². The van der Waals surface area contributed by atoms with Crippen molar-refractivity contribution in [3.05, 3.63) is 173 Å². The summed E-state index contributed by atoms with van der Waals surface area (Å²) in [6.07, 6.45) is 3.41. The molecule has 0 unspecified atom stereocenters. The van der Waals surface area contributed by atoms with Gasteiger partial charge >= 0.3 is 0 Å². The number of aliphatic hydroxyl groups is 1. The van der Waals surface area contributed by atoms with E-state index in [1.165, 1.54) is 62.5 Å². The van der Waals surface area contributed by atoms with Crippen LogP contribution >= 0.6 is 11.6 Å². The zero-order valence-corrected chi connectivity index (χ0v) is 66.6. The fraction of sp³-hybridized carbons (Fsp3) is 0.415. The molecular formula is C82H106ClN19O15. The molecule has 7 rings (SSSR count). The van der Waals surface area contributed by atoms with Gasteiger partial charge in [-0.25, -0.2) is 0 Å². The first-order valence-electron chi connectivity index (χ1n) is 38.7. The molecule has 34 nitrogen and oxygen atoms in total. The van der Waals surface area contributed by atoms with Gasteiger partial charge in [0.25, 0.3) is 0 Å². The highest BCUT2D eigenvalue weighted by molar-refractivity contribution is 6.30. The smallest absolute Gasteiger partial charge is 0.247 e. The lowest BCUT2D eigenvalue weighted by Crippen LogP contribution is -2.61. The molecule has 2 heterocycles. The van der Waals surface area contributed by atoms with Gasteiger partial charge in [-0.1, -0.05) is 104 Å². The minimum atomic E-state index is -1.86. The maximum atomic E-state index is 15.4. The van der Waals surface area contributed by atoms with Crippen LogP contribution in [0.2, 0.25) is 5.02 Å². The zero-order valence-electron chi connectivity index (χ0n) is 65.8. The second-order valence-corrected chi connectivity index (χ2v) is 29.2. The van der Waals surface area contributed by atoms with Crippen LogP contribution in [0.15, 0.2) is 140 Å². The summed E-state index contributed by atoms with van der Waals surface area (Å²) in [7, 11) is 1.21. The van der Waals surface area contributed by atoms with E-state index in [1.54, 1.807) is 60.7 Å². The third-order valence-electron chi connectivity index (χ3n) is 19.6. The summed E-state index contributed by atoms with van der Waals surface area (Å²) in [4.78, 5) is 190. The summed E-state index contributed by atoms with van der Waals surface area (Å²) >= 11 is 6.26. The van der Waals surface area contributed by atoms with Crippen molar-refractivity contribution in [2.75, 3.05) is 38.6 Å². The first kappa shape index (κ1) is 91.6. The van der Waals surface area contributed by atoms with Crippen LogP contribution in [0.4, 0.5) is 5.69 Å². The summed E-state index contributed by atoms with van der Waals surface area (Å²) in [6.45, 7) is 3.60. The van der Waals surface area contributed by atoms with Gasteiger partial charge in [-0.15, -0.1) is 0 Å². The van der Waals surface area contributed by atoms with Crippen LogP contribution in [-0.2, 0) is 88.0 Å². The fourth-order valence-electron chi connectivity index (χ4n) is 13.2. The molecule has 0 saturated carbocycles. The number of anilines is 1. The second kappa shape index (κ2) is 46.1. The second-order valence-electron chi connectivity index (χ2n) is 28.8. The molecule has 0 bridgehead atoms. The number of hydrogen-bond acceptors (Lipinski definition) is 18. The minimum Gasteiger partial charge on any atom is -0.508 e. The molecule has 1 aliphatic rings. The predicted molar refractivity (Wildman–Crippen MR) is 438 cm³/mol. The number of nitrogen functional groups attached to an aromatic ring is 1. The Morgan fingerprint density at radius 1 is 0.573 bits per heavy atom. The Labute approximate surface area is 682 Å². The van der Waals surface area contributed by atoms with Gasteiger partial charge in [0, 0.05) is 101 Å².